The van der Waals surface area contributed by atoms with Crippen molar-refractivity contribution in [1.29, 1.82) is 0 Å². The lowest BCUT2D eigenvalue weighted by atomic mass is 9.87. The fourth-order valence-corrected chi connectivity index (χ4v) is 3.05. The lowest BCUT2D eigenvalue weighted by Gasteiger charge is -2.28. The number of amides is 2. The van der Waals surface area contributed by atoms with Gasteiger partial charge in [-0.2, -0.15) is 0 Å². The Morgan fingerprint density at radius 2 is 2.04 bits per heavy atom. The molecule has 0 radical (unpaired) electrons. The van der Waals surface area contributed by atoms with Gasteiger partial charge in [0.25, 0.3) is 0 Å². The van der Waals surface area contributed by atoms with Gasteiger partial charge in [-0.3, -0.25) is 0 Å². The van der Waals surface area contributed by atoms with Crippen LogP contribution in [-0.4, -0.2) is 23.8 Å². The highest BCUT2D eigenvalue weighted by molar-refractivity contribution is 5.90. The summed E-state index contributed by atoms with van der Waals surface area (Å²) in [5.41, 5.74) is 0.811. The van der Waals surface area contributed by atoms with Gasteiger partial charge in [-0.15, -0.1) is 0 Å². The molecule has 1 saturated carbocycles. The van der Waals surface area contributed by atoms with Gasteiger partial charge in [0, 0.05) is 18.2 Å². The molecule has 1 heterocycles. The van der Waals surface area contributed by atoms with E-state index in [-0.39, 0.29) is 18.3 Å². The number of urea groups is 1. The van der Waals surface area contributed by atoms with Crippen LogP contribution in [0.3, 0.4) is 0 Å². The number of carbonyl (C=O) groups excluding carboxylic acids is 1. The maximum absolute atomic E-state index is 13.9. The molecule has 24 heavy (non-hydrogen) atoms. The molecule has 0 bridgehead atoms. The van der Waals surface area contributed by atoms with E-state index in [0.717, 1.165) is 25.7 Å². The SMILES string of the molecule is O=C(Nc1cc(-c2ccco2)ccc1F)NC1CCC(CO)CC1. The Kier molecular flexibility index (Phi) is 5.15. The van der Waals surface area contributed by atoms with Crippen LogP contribution in [0.4, 0.5) is 14.9 Å². The van der Waals surface area contributed by atoms with Crippen LogP contribution >= 0.6 is 0 Å². The van der Waals surface area contributed by atoms with E-state index in [1.165, 1.54) is 6.07 Å². The molecule has 5 nitrogen and oxygen atoms in total. The zero-order valence-corrected chi connectivity index (χ0v) is 13.3. The largest absolute Gasteiger partial charge is 0.464 e. The number of nitrogens with one attached hydrogen (secondary N) is 2. The molecule has 6 heteroatoms. The molecule has 1 fully saturated rings. The van der Waals surface area contributed by atoms with Gasteiger partial charge in [-0.25, -0.2) is 9.18 Å². The molecular formula is C18H21FN2O3. The van der Waals surface area contributed by atoms with Crippen molar-refractivity contribution in [2.75, 3.05) is 11.9 Å². The summed E-state index contributed by atoms with van der Waals surface area (Å²) in [7, 11) is 0. The second-order valence-electron chi connectivity index (χ2n) is 6.17. The minimum Gasteiger partial charge on any atom is -0.464 e. The van der Waals surface area contributed by atoms with E-state index in [1.54, 1.807) is 30.5 Å². The fourth-order valence-electron chi connectivity index (χ4n) is 3.05. The van der Waals surface area contributed by atoms with E-state index in [4.69, 9.17) is 9.52 Å². The van der Waals surface area contributed by atoms with Crippen LogP contribution in [0.1, 0.15) is 25.7 Å². The fraction of sp³-hybridized carbons (Fsp3) is 0.389. The molecule has 0 aliphatic heterocycles. The molecule has 0 unspecified atom stereocenters. The number of anilines is 1. The van der Waals surface area contributed by atoms with Crippen LogP contribution in [-0.2, 0) is 0 Å². The molecule has 0 saturated heterocycles. The minimum absolute atomic E-state index is 0.0594. The predicted octanol–water partition coefficient (Wildman–Crippen LogP) is 3.76. The molecule has 2 amide bonds. The summed E-state index contributed by atoms with van der Waals surface area (Å²) in [5, 5.41) is 14.6. The van der Waals surface area contributed by atoms with Crippen molar-refractivity contribution < 1.29 is 18.7 Å². The van der Waals surface area contributed by atoms with Gasteiger partial charge in [0.2, 0.25) is 0 Å². The van der Waals surface area contributed by atoms with E-state index in [1.807, 2.05) is 0 Å². The van der Waals surface area contributed by atoms with E-state index in [2.05, 4.69) is 10.6 Å². The molecule has 128 valence electrons. The number of aliphatic hydroxyl groups is 1. The highest BCUT2D eigenvalue weighted by Crippen LogP contribution is 2.26. The summed E-state index contributed by atoms with van der Waals surface area (Å²) in [6.07, 6.45) is 4.98. The van der Waals surface area contributed by atoms with Gasteiger partial charge in [0.15, 0.2) is 0 Å². The van der Waals surface area contributed by atoms with Crippen molar-refractivity contribution in [2.24, 2.45) is 5.92 Å². The van der Waals surface area contributed by atoms with Gasteiger partial charge in [0.05, 0.1) is 12.0 Å². The molecule has 1 aromatic carbocycles. The number of aliphatic hydroxyl groups excluding tert-OH is 1. The van der Waals surface area contributed by atoms with Gasteiger partial charge < -0.3 is 20.2 Å². The molecule has 3 rings (SSSR count). The zero-order chi connectivity index (χ0) is 16.9. The molecule has 1 aliphatic carbocycles. The summed E-state index contributed by atoms with van der Waals surface area (Å²) >= 11 is 0. The highest BCUT2D eigenvalue weighted by Gasteiger charge is 2.22. The van der Waals surface area contributed by atoms with Crippen LogP contribution in [0.5, 0.6) is 0 Å². The number of carbonyl (C=O) groups is 1. The van der Waals surface area contributed by atoms with Crippen molar-refractivity contribution in [2.45, 2.75) is 31.7 Å². The first-order valence-corrected chi connectivity index (χ1v) is 8.17. The average Bonchev–Trinajstić information content (AvgIpc) is 3.12. The van der Waals surface area contributed by atoms with Crippen molar-refractivity contribution in [1.82, 2.24) is 5.32 Å². The van der Waals surface area contributed by atoms with Crippen molar-refractivity contribution >= 4 is 11.7 Å². The molecule has 0 atom stereocenters. The van der Waals surface area contributed by atoms with Crippen LogP contribution in [0.15, 0.2) is 41.0 Å². The van der Waals surface area contributed by atoms with E-state index >= 15 is 0 Å². The summed E-state index contributed by atoms with van der Waals surface area (Å²) in [5.74, 6) is 0.443. The summed E-state index contributed by atoms with van der Waals surface area (Å²) in [4.78, 5) is 12.1. The maximum atomic E-state index is 13.9. The van der Waals surface area contributed by atoms with Crippen LogP contribution in [0.25, 0.3) is 11.3 Å². The quantitative estimate of drug-likeness (QED) is 0.798. The number of benzene rings is 1. The third-order valence-corrected chi connectivity index (χ3v) is 4.46. The molecule has 1 aromatic heterocycles. The molecule has 1 aliphatic rings. The Hall–Kier alpha value is -2.34. The molecule has 3 N–H and O–H groups in total. The first-order chi connectivity index (χ1) is 11.7. The normalized spacial score (nSPS) is 20.6. The number of hydrogen-bond donors (Lipinski definition) is 3. The van der Waals surface area contributed by atoms with Crippen LogP contribution < -0.4 is 10.6 Å². The average molecular weight is 332 g/mol. The Bertz CT molecular complexity index is 680. The number of rotatable bonds is 4. The molecule has 2 aromatic rings. The van der Waals surface area contributed by atoms with E-state index < -0.39 is 11.8 Å². The Balaban J connectivity index is 1.61. The van der Waals surface area contributed by atoms with E-state index in [9.17, 15) is 9.18 Å². The van der Waals surface area contributed by atoms with Crippen molar-refractivity contribution in [3.8, 4) is 11.3 Å². The van der Waals surface area contributed by atoms with Crippen LogP contribution in [0.2, 0.25) is 0 Å². The summed E-state index contributed by atoms with van der Waals surface area (Å²) < 4.78 is 19.2. The Morgan fingerprint density at radius 3 is 2.71 bits per heavy atom. The first-order valence-electron chi connectivity index (χ1n) is 8.17. The topological polar surface area (TPSA) is 74.5 Å². The zero-order valence-electron chi connectivity index (χ0n) is 13.3. The number of halogens is 1. The summed E-state index contributed by atoms with van der Waals surface area (Å²) in [6, 6.07) is 7.63. The second-order valence-corrected chi connectivity index (χ2v) is 6.17. The smallest absolute Gasteiger partial charge is 0.319 e. The highest BCUT2D eigenvalue weighted by atomic mass is 19.1. The van der Waals surface area contributed by atoms with E-state index in [0.29, 0.717) is 17.2 Å². The van der Waals surface area contributed by atoms with Crippen molar-refractivity contribution in [3.05, 3.63) is 42.4 Å². The Labute approximate surface area is 139 Å². The van der Waals surface area contributed by atoms with Gasteiger partial charge in [0.1, 0.15) is 11.6 Å². The van der Waals surface area contributed by atoms with Crippen LogP contribution in [0, 0.1) is 11.7 Å². The second kappa shape index (κ2) is 7.49. The minimum atomic E-state index is -0.496. The lowest BCUT2D eigenvalue weighted by molar-refractivity contribution is 0.176. The van der Waals surface area contributed by atoms with Crippen molar-refractivity contribution in [3.63, 3.8) is 0 Å². The van der Waals surface area contributed by atoms with Gasteiger partial charge >= 0.3 is 6.03 Å². The molecule has 0 spiro atoms. The first kappa shape index (κ1) is 16.5. The third kappa shape index (κ3) is 3.94. The number of furan rings is 1. The van der Waals surface area contributed by atoms with Gasteiger partial charge in [-0.1, -0.05) is 0 Å². The van der Waals surface area contributed by atoms with Gasteiger partial charge in [-0.05, 0) is 61.9 Å². The predicted molar refractivity (Wildman–Crippen MR) is 89.1 cm³/mol. The summed E-state index contributed by atoms with van der Waals surface area (Å²) in [6.45, 7) is 0.198. The lowest BCUT2D eigenvalue weighted by Crippen LogP contribution is -2.40. The molecular weight excluding hydrogens is 311 g/mol. The maximum Gasteiger partial charge on any atom is 0.319 e. The standard InChI is InChI=1S/C18H21FN2O3/c19-15-8-5-13(17-2-1-9-24-17)10-16(15)21-18(23)20-14-6-3-12(11-22)4-7-14/h1-2,5,8-10,12,14,22H,3-4,6-7,11H2,(H2,20,21,23). The monoisotopic (exact) mass is 332 g/mol. The third-order valence-electron chi connectivity index (χ3n) is 4.46. The number of hydrogen-bond acceptors (Lipinski definition) is 3. The Morgan fingerprint density at radius 1 is 1.25 bits per heavy atom.